The monoisotopic (exact) mass is 168 g/mol. The molecule has 0 aromatic rings. The highest BCUT2D eigenvalue weighted by Crippen LogP contribution is 2.15. The second kappa shape index (κ2) is 3.57. The number of carbonyl (C=O) groups is 1. The molecule has 0 saturated carbocycles. The molecule has 0 aliphatic carbocycles. The quantitative estimate of drug-likeness (QED) is 0.547. The van der Waals surface area contributed by atoms with Gasteiger partial charge in [-0.3, -0.25) is 10.2 Å². The summed E-state index contributed by atoms with van der Waals surface area (Å²) in [6.07, 6.45) is 5.11. The zero-order valence-corrected chi connectivity index (χ0v) is 6.95. The Labute approximate surface area is 71.5 Å². The normalized spacial score (nSPS) is 30.0. The predicted molar refractivity (Wildman–Crippen MR) is 44.1 cm³/mol. The van der Waals surface area contributed by atoms with E-state index in [1.165, 1.54) is 0 Å². The van der Waals surface area contributed by atoms with Crippen molar-refractivity contribution in [1.29, 1.82) is 0 Å². The lowest BCUT2D eigenvalue weighted by atomic mass is 10.0. The number of hydrogen-bond donors (Lipinski definition) is 2. The summed E-state index contributed by atoms with van der Waals surface area (Å²) >= 11 is 0. The average Bonchev–Trinajstić information content (AvgIpc) is 2.34. The maximum absolute atomic E-state index is 10.6. The van der Waals surface area contributed by atoms with Crippen molar-refractivity contribution >= 4 is 5.97 Å². The van der Waals surface area contributed by atoms with Crippen molar-refractivity contribution in [1.82, 2.24) is 10.4 Å². The lowest BCUT2D eigenvalue weighted by Crippen LogP contribution is -2.37. The van der Waals surface area contributed by atoms with Gasteiger partial charge in [0, 0.05) is 12.6 Å². The van der Waals surface area contributed by atoms with Gasteiger partial charge in [-0.05, 0) is 6.92 Å². The molecule has 1 rings (SSSR count). The fraction of sp³-hybridized carbons (Fsp3) is 0.625. The largest absolute Gasteiger partial charge is 0.481 e. The Hall–Kier alpha value is -1.05. The van der Waals surface area contributed by atoms with Gasteiger partial charge in [0.1, 0.15) is 0 Å². The van der Waals surface area contributed by atoms with Crippen molar-refractivity contribution in [3.05, 3.63) is 0 Å². The average molecular weight is 168 g/mol. The highest BCUT2D eigenvalue weighted by Gasteiger charge is 2.34. The molecule has 0 amide bonds. The maximum atomic E-state index is 10.6. The number of rotatable bonds is 2. The van der Waals surface area contributed by atoms with Gasteiger partial charge in [0.25, 0.3) is 0 Å². The molecule has 4 nitrogen and oxygen atoms in total. The Morgan fingerprint density at radius 1 is 1.92 bits per heavy atom. The zero-order valence-electron chi connectivity index (χ0n) is 6.95. The molecule has 12 heavy (non-hydrogen) atoms. The topological polar surface area (TPSA) is 52.6 Å². The predicted octanol–water partition coefficient (Wildman–Crippen LogP) is -0.471. The van der Waals surface area contributed by atoms with Gasteiger partial charge < -0.3 is 5.11 Å². The third kappa shape index (κ3) is 1.58. The van der Waals surface area contributed by atoms with E-state index in [0.717, 1.165) is 0 Å². The lowest BCUT2D eigenvalue weighted by Gasteiger charge is -2.18. The van der Waals surface area contributed by atoms with Crippen LogP contribution in [0.3, 0.4) is 0 Å². The van der Waals surface area contributed by atoms with Crippen molar-refractivity contribution in [2.75, 3.05) is 13.1 Å². The summed E-state index contributed by atoms with van der Waals surface area (Å²) in [4.78, 5) is 10.6. The highest BCUT2D eigenvalue weighted by atomic mass is 16.4. The Morgan fingerprint density at radius 3 is 3.00 bits per heavy atom. The van der Waals surface area contributed by atoms with Crippen molar-refractivity contribution < 1.29 is 9.90 Å². The molecular formula is C8H12N2O2. The first-order valence-corrected chi connectivity index (χ1v) is 3.83. The van der Waals surface area contributed by atoms with E-state index in [1.54, 1.807) is 5.01 Å². The van der Waals surface area contributed by atoms with Gasteiger partial charge in [0.15, 0.2) is 0 Å². The van der Waals surface area contributed by atoms with Gasteiger partial charge in [-0.25, -0.2) is 5.01 Å². The van der Waals surface area contributed by atoms with Crippen LogP contribution in [0.5, 0.6) is 0 Å². The van der Waals surface area contributed by atoms with Gasteiger partial charge >= 0.3 is 5.97 Å². The second-order valence-corrected chi connectivity index (χ2v) is 2.88. The Morgan fingerprint density at radius 2 is 2.58 bits per heavy atom. The van der Waals surface area contributed by atoms with Gasteiger partial charge in [0.05, 0.1) is 12.5 Å². The van der Waals surface area contributed by atoms with Crippen LogP contribution in [-0.4, -0.2) is 35.2 Å². The molecule has 0 bridgehead atoms. The Balaban J connectivity index is 2.56. The smallest absolute Gasteiger partial charge is 0.309 e. The molecule has 1 aliphatic heterocycles. The van der Waals surface area contributed by atoms with E-state index in [0.29, 0.717) is 13.1 Å². The van der Waals surface area contributed by atoms with Crippen LogP contribution in [-0.2, 0) is 4.79 Å². The van der Waals surface area contributed by atoms with Crippen LogP contribution in [0.25, 0.3) is 0 Å². The SMILES string of the molecule is C#CCN1NCC(C(=O)O)C1C. The summed E-state index contributed by atoms with van der Waals surface area (Å²) in [6.45, 7) is 2.78. The van der Waals surface area contributed by atoms with E-state index in [4.69, 9.17) is 11.5 Å². The summed E-state index contributed by atoms with van der Waals surface area (Å²) in [6, 6.07) is -0.0291. The number of aliphatic carboxylic acids is 1. The summed E-state index contributed by atoms with van der Waals surface area (Å²) < 4.78 is 0. The van der Waals surface area contributed by atoms with Crippen molar-refractivity contribution in [3.8, 4) is 12.3 Å². The number of nitrogens with zero attached hydrogens (tertiary/aromatic N) is 1. The summed E-state index contributed by atoms with van der Waals surface area (Å²) in [5, 5.41) is 10.5. The van der Waals surface area contributed by atoms with Gasteiger partial charge in [-0.2, -0.15) is 0 Å². The molecule has 0 aromatic carbocycles. The van der Waals surface area contributed by atoms with E-state index in [9.17, 15) is 4.79 Å². The summed E-state index contributed by atoms with van der Waals surface area (Å²) in [5.41, 5.74) is 2.95. The molecule has 1 saturated heterocycles. The van der Waals surface area contributed by atoms with Crippen LogP contribution < -0.4 is 5.43 Å². The van der Waals surface area contributed by atoms with Crippen LogP contribution in [0.2, 0.25) is 0 Å². The van der Waals surface area contributed by atoms with Crippen molar-refractivity contribution in [2.45, 2.75) is 13.0 Å². The minimum atomic E-state index is -0.769. The fourth-order valence-electron chi connectivity index (χ4n) is 1.34. The van der Waals surface area contributed by atoms with E-state index in [1.807, 2.05) is 6.92 Å². The summed E-state index contributed by atoms with van der Waals surface area (Å²) in [5.74, 6) is 1.35. The Bertz CT molecular complexity index is 222. The van der Waals surface area contributed by atoms with Gasteiger partial charge in [0.2, 0.25) is 0 Å². The number of nitrogens with one attached hydrogen (secondary N) is 1. The van der Waals surface area contributed by atoms with Gasteiger partial charge in [-0.15, -0.1) is 6.42 Å². The Kier molecular flexibility index (Phi) is 2.69. The van der Waals surface area contributed by atoms with E-state index < -0.39 is 5.97 Å². The molecular weight excluding hydrogens is 156 g/mol. The first-order chi connectivity index (χ1) is 5.66. The van der Waals surface area contributed by atoms with Crippen molar-refractivity contribution in [3.63, 3.8) is 0 Å². The molecule has 2 unspecified atom stereocenters. The molecule has 66 valence electrons. The maximum Gasteiger partial charge on any atom is 0.309 e. The van der Waals surface area contributed by atoms with Crippen LogP contribution in [0, 0.1) is 18.3 Å². The van der Waals surface area contributed by atoms with Gasteiger partial charge in [-0.1, -0.05) is 5.92 Å². The molecule has 4 heteroatoms. The second-order valence-electron chi connectivity index (χ2n) is 2.88. The minimum absolute atomic E-state index is 0.0291. The first kappa shape index (κ1) is 9.04. The fourth-order valence-corrected chi connectivity index (χ4v) is 1.34. The number of hydrazine groups is 1. The minimum Gasteiger partial charge on any atom is -0.481 e. The molecule has 1 heterocycles. The molecule has 0 radical (unpaired) electrons. The van der Waals surface area contributed by atoms with Crippen LogP contribution >= 0.6 is 0 Å². The molecule has 1 aliphatic rings. The molecule has 1 fully saturated rings. The lowest BCUT2D eigenvalue weighted by molar-refractivity contribution is -0.141. The third-order valence-corrected chi connectivity index (χ3v) is 2.17. The van der Waals surface area contributed by atoms with E-state index >= 15 is 0 Å². The zero-order chi connectivity index (χ0) is 9.14. The van der Waals surface area contributed by atoms with E-state index in [2.05, 4.69) is 11.3 Å². The van der Waals surface area contributed by atoms with Crippen LogP contribution in [0.15, 0.2) is 0 Å². The molecule has 0 spiro atoms. The van der Waals surface area contributed by atoms with Crippen LogP contribution in [0.1, 0.15) is 6.92 Å². The first-order valence-electron chi connectivity index (χ1n) is 3.83. The highest BCUT2D eigenvalue weighted by molar-refractivity contribution is 5.71. The number of carboxylic acids is 1. The standard InChI is InChI=1S/C8H12N2O2/c1-3-4-10-6(2)7(5-9-10)8(11)12/h1,6-7,9H,4-5H2,2H3,(H,11,12). The van der Waals surface area contributed by atoms with Crippen LogP contribution in [0.4, 0.5) is 0 Å². The molecule has 2 N–H and O–H groups in total. The number of carboxylic acid groups (broad SMARTS) is 1. The number of hydrogen-bond acceptors (Lipinski definition) is 3. The third-order valence-electron chi connectivity index (χ3n) is 2.17. The molecule has 2 atom stereocenters. The summed E-state index contributed by atoms with van der Waals surface area (Å²) in [7, 11) is 0. The number of terminal acetylenes is 1. The van der Waals surface area contributed by atoms with E-state index in [-0.39, 0.29) is 12.0 Å². The molecule has 0 aromatic heterocycles. The van der Waals surface area contributed by atoms with Crippen molar-refractivity contribution in [2.24, 2.45) is 5.92 Å².